The van der Waals surface area contributed by atoms with Crippen molar-refractivity contribution in [3.05, 3.63) is 24.0 Å². The average molecular weight is 415 g/mol. The minimum absolute atomic E-state index is 0.0495. The fraction of sp³-hybridized carbons (Fsp3) is 0.682. The maximum atomic E-state index is 13.3. The Labute approximate surface area is 176 Å². The lowest BCUT2D eigenvalue weighted by molar-refractivity contribution is -0.145. The third-order valence-corrected chi connectivity index (χ3v) is 7.15. The number of hydrogen-bond acceptors (Lipinski definition) is 6. The van der Waals surface area contributed by atoms with E-state index in [0.717, 1.165) is 31.2 Å². The summed E-state index contributed by atoms with van der Waals surface area (Å²) in [7, 11) is 0. The maximum absolute atomic E-state index is 13.3. The van der Waals surface area contributed by atoms with Gasteiger partial charge in [0, 0.05) is 17.8 Å². The molecule has 8 nitrogen and oxygen atoms in total. The van der Waals surface area contributed by atoms with E-state index in [0.29, 0.717) is 31.3 Å². The van der Waals surface area contributed by atoms with Gasteiger partial charge >= 0.3 is 0 Å². The highest BCUT2D eigenvalue weighted by Gasteiger charge is 2.55. The Kier molecular flexibility index (Phi) is 5.14. The number of ether oxygens (including phenoxy) is 3. The number of aromatic nitrogens is 1. The summed E-state index contributed by atoms with van der Waals surface area (Å²) in [6, 6.07) is 1.68. The molecule has 3 fully saturated rings. The van der Waals surface area contributed by atoms with Gasteiger partial charge in [0.25, 0.3) is 5.91 Å². The number of nitrogens with zero attached hydrogens (tertiary/aromatic N) is 2. The van der Waals surface area contributed by atoms with Crippen LogP contribution in [0.2, 0.25) is 0 Å². The zero-order valence-corrected chi connectivity index (χ0v) is 17.3. The Morgan fingerprint density at radius 1 is 1.20 bits per heavy atom. The number of nitrogens with one attached hydrogen (secondary N) is 1. The first-order valence-corrected chi connectivity index (χ1v) is 10.9. The molecule has 1 N–H and O–H groups in total. The Hall–Kier alpha value is -2.19. The first kappa shape index (κ1) is 19.8. The van der Waals surface area contributed by atoms with E-state index in [-0.39, 0.29) is 43.2 Å². The van der Waals surface area contributed by atoms with Crippen LogP contribution in [0.4, 0.5) is 0 Å². The number of rotatable bonds is 0. The highest BCUT2D eigenvalue weighted by Crippen LogP contribution is 2.40. The molecule has 0 aromatic carbocycles. The Bertz CT molecular complexity index is 825. The van der Waals surface area contributed by atoms with Gasteiger partial charge in [-0.05, 0) is 51.0 Å². The number of hydrogen-bond donors (Lipinski definition) is 1. The van der Waals surface area contributed by atoms with Crippen LogP contribution in [0.15, 0.2) is 18.5 Å². The Morgan fingerprint density at radius 2 is 2.03 bits per heavy atom. The van der Waals surface area contributed by atoms with Gasteiger partial charge in [-0.3, -0.25) is 14.6 Å². The second-order valence-electron chi connectivity index (χ2n) is 9.08. The van der Waals surface area contributed by atoms with E-state index in [1.165, 1.54) is 0 Å². The van der Waals surface area contributed by atoms with E-state index >= 15 is 0 Å². The monoisotopic (exact) mass is 415 g/mol. The van der Waals surface area contributed by atoms with Crippen LogP contribution in [0.5, 0.6) is 5.75 Å². The molecule has 0 radical (unpaired) electrons. The molecule has 0 unspecified atom stereocenters. The molecule has 3 atom stereocenters. The van der Waals surface area contributed by atoms with E-state index in [2.05, 4.69) is 10.3 Å². The first-order valence-electron chi connectivity index (χ1n) is 10.9. The highest BCUT2D eigenvalue weighted by atomic mass is 16.5. The van der Waals surface area contributed by atoms with Gasteiger partial charge in [-0.15, -0.1) is 0 Å². The van der Waals surface area contributed by atoms with Crippen molar-refractivity contribution in [2.24, 2.45) is 0 Å². The summed E-state index contributed by atoms with van der Waals surface area (Å²) in [4.78, 5) is 31.5. The van der Waals surface area contributed by atoms with Crippen LogP contribution < -0.4 is 10.1 Å². The molecule has 1 spiro atoms. The predicted octanol–water partition coefficient (Wildman–Crippen LogP) is 1.39. The first-order chi connectivity index (χ1) is 14.6. The molecule has 1 aliphatic carbocycles. The van der Waals surface area contributed by atoms with Crippen LogP contribution in [0.25, 0.3) is 0 Å². The van der Waals surface area contributed by atoms with Gasteiger partial charge in [0.2, 0.25) is 5.91 Å². The lowest BCUT2D eigenvalue weighted by Crippen LogP contribution is -2.65. The van der Waals surface area contributed by atoms with Crippen LogP contribution in [0.3, 0.4) is 0 Å². The van der Waals surface area contributed by atoms with E-state index in [9.17, 15) is 9.59 Å². The van der Waals surface area contributed by atoms with Gasteiger partial charge < -0.3 is 24.4 Å². The smallest absolute Gasteiger partial charge is 0.261 e. The molecular formula is C22H29N3O5. The molecular weight excluding hydrogens is 386 g/mol. The molecule has 2 bridgehead atoms. The lowest BCUT2D eigenvalue weighted by Gasteiger charge is -2.41. The van der Waals surface area contributed by atoms with Gasteiger partial charge in [-0.25, -0.2) is 0 Å². The van der Waals surface area contributed by atoms with Gasteiger partial charge in [-0.1, -0.05) is 0 Å². The lowest BCUT2D eigenvalue weighted by atomic mass is 9.82. The maximum Gasteiger partial charge on any atom is 0.261 e. The zero-order chi connectivity index (χ0) is 20.7. The summed E-state index contributed by atoms with van der Waals surface area (Å²) in [5, 5.41) is 3.14. The molecule has 1 saturated carbocycles. The molecule has 2 saturated heterocycles. The minimum Gasteiger partial charge on any atom is -0.482 e. The molecule has 6 rings (SSSR count). The van der Waals surface area contributed by atoms with Gasteiger partial charge in [0.15, 0.2) is 6.61 Å². The molecule has 1 aromatic heterocycles. The topological polar surface area (TPSA) is 90.0 Å². The molecule has 4 aliphatic heterocycles. The standard InChI is InChI=1S/C22H29N3O5/c1-14-8-22(13-28-11-20(26)24-22)19-10-29-16-4-2-15(3-5-16)17-6-7-23-9-18(17)30-12-21(27)25(14)19/h6-7,9,14-16,19H,2-5,8,10-13H2,1H3,(H,24,26)/t14-,15?,16?,19-,22+/m1/s1. The molecule has 2 amide bonds. The highest BCUT2D eigenvalue weighted by molar-refractivity contribution is 5.81. The fourth-order valence-electron chi connectivity index (χ4n) is 5.79. The number of morpholine rings is 1. The number of carbonyl (C=O) groups is 2. The summed E-state index contributed by atoms with van der Waals surface area (Å²) in [5.41, 5.74) is 0.521. The predicted molar refractivity (Wildman–Crippen MR) is 107 cm³/mol. The second kappa shape index (κ2) is 7.81. The third kappa shape index (κ3) is 3.46. The number of carbonyl (C=O) groups excluding carboxylic acids is 2. The van der Waals surface area contributed by atoms with Crippen LogP contribution in [0.1, 0.15) is 50.5 Å². The Morgan fingerprint density at radius 3 is 2.83 bits per heavy atom. The summed E-state index contributed by atoms with van der Waals surface area (Å²) in [5.74, 6) is 0.855. The van der Waals surface area contributed by atoms with Crippen molar-refractivity contribution in [1.29, 1.82) is 0 Å². The van der Waals surface area contributed by atoms with Crippen LogP contribution in [-0.2, 0) is 19.1 Å². The second-order valence-corrected chi connectivity index (χ2v) is 9.08. The van der Waals surface area contributed by atoms with Gasteiger partial charge in [-0.2, -0.15) is 0 Å². The number of amides is 2. The fourth-order valence-corrected chi connectivity index (χ4v) is 5.79. The summed E-state index contributed by atoms with van der Waals surface area (Å²) in [6.07, 6.45) is 8.30. The van der Waals surface area contributed by atoms with E-state index in [1.807, 2.05) is 17.9 Å². The molecule has 8 heteroatoms. The van der Waals surface area contributed by atoms with Crippen molar-refractivity contribution in [1.82, 2.24) is 15.2 Å². The molecule has 1 aromatic rings. The number of pyridine rings is 1. The Balaban J connectivity index is 1.47. The number of fused-ring (bicyclic) bond motifs is 5. The van der Waals surface area contributed by atoms with E-state index in [4.69, 9.17) is 14.2 Å². The van der Waals surface area contributed by atoms with E-state index < -0.39 is 5.54 Å². The van der Waals surface area contributed by atoms with Gasteiger partial charge in [0.05, 0.1) is 37.1 Å². The van der Waals surface area contributed by atoms with Crippen molar-refractivity contribution in [3.63, 3.8) is 0 Å². The molecule has 5 aliphatic rings. The van der Waals surface area contributed by atoms with Crippen molar-refractivity contribution in [2.45, 2.75) is 68.7 Å². The quantitative estimate of drug-likeness (QED) is 0.689. The van der Waals surface area contributed by atoms with Crippen molar-refractivity contribution in [3.8, 4) is 5.75 Å². The van der Waals surface area contributed by atoms with Crippen molar-refractivity contribution in [2.75, 3.05) is 26.4 Å². The normalized spacial score (nSPS) is 36.8. The van der Waals surface area contributed by atoms with Crippen molar-refractivity contribution < 1.29 is 23.8 Å². The molecule has 30 heavy (non-hydrogen) atoms. The van der Waals surface area contributed by atoms with Crippen molar-refractivity contribution >= 4 is 11.8 Å². The average Bonchev–Trinajstić information content (AvgIpc) is 3.01. The van der Waals surface area contributed by atoms with Crippen LogP contribution >= 0.6 is 0 Å². The van der Waals surface area contributed by atoms with Crippen LogP contribution in [0, 0.1) is 0 Å². The summed E-state index contributed by atoms with van der Waals surface area (Å²) in [6.45, 7) is 2.81. The SMILES string of the molecule is C[C@@H]1C[C@]2(COCC(=O)N2)[C@H]2COC3CCC(CC3)c3ccncc3OCC(=O)N12. The van der Waals surface area contributed by atoms with Gasteiger partial charge in [0.1, 0.15) is 12.4 Å². The summed E-state index contributed by atoms with van der Waals surface area (Å²) >= 11 is 0. The molecule has 162 valence electrons. The summed E-state index contributed by atoms with van der Waals surface area (Å²) < 4.78 is 18.0. The van der Waals surface area contributed by atoms with Crippen LogP contribution in [-0.4, -0.2) is 71.9 Å². The largest absolute Gasteiger partial charge is 0.482 e. The molecule has 5 heterocycles. The zero-order valence-electron chi connectivity index (χ0n) is 17.3. The minimum atomic E-state index is -0.610. The van der Waals surface area contributed by atoms with E-state index in [1.54, 1.807) is 12.4 Å². The third-order valence-electron chi connectivity index (χ3n) is 7.15.